The topological polar surface area (TPSA) is 57.9 Å². The van der Waals surface area contributed by atoms with Gasteiger partial charge in [0.1, 0.15) is 0 Å². The van der Waals surface area contributed by atoms with Crippen LogP contribution in [0.25, 0.3) is 10.9 Å². The predicted octanol–water partition coefficient (Wildman–Crippen LogP) is 3.62. The van der Waals surface area contributed by atoms with E-state index in [1.54, 1.807) is 0 Å². The van der Waals surface area contributed by atoms with Crippen molar-refractivity contribution in [3.8, 4) is 0 Å². The molecule has 132 valence electrons. The Kier molecular flexibility index (Phi) is 6.93. The number of aromatic amines is 1. The van der Waals surface area contributed by atoms with Crippen LogP contribution in [-0.2, 0) is 13.0 Å². The van der Waals surface area contributed by atoms with Gasteiger partial charge in [-0.05, 0) is 30.2 Å². The molecule has 0 aliphatic heterocycles. The van der Waals surface area contributed by atoms with Crippen LogP contribution in [0.5, 0.6) is 0 Å². The number of fused-ring (bicyclic) bond motifs is 1. The van der Waals surface area contributed by atoms with E-state index in [-0.39, 0.29) is 12.4 Å². The third-order valence-corrected chi connectivity index (χ3v) is 4.47. The fraction of sp³-hybridized carbons (Fsp3) is 0.263. The lowest BCUT2D eigenvalue weighted by Crippen LogP contribution is -2.34. The number of nitrogens with zero attached hydrogens (tertiary/aromatic N) is 2. The van der Waals surface area contributed by atoms with E-state index in [9.17, 15) is 0 Å². The molecule has 0 atom stereocenters. The van der Waals surface area contributed by atoms with Crippen molar-refractivity contribution in [3.63, 3.8) is 0 Å². The minimum Gasteiger partial charge on any atom is -0.360 e. The monoisotopic (exact) mass is 374 g/mol. The number of nitrogens with two attached hydrogens (primary N) is 1. The first-order chi connectivity index (χ1) is 11.7. The Hall–Kier alpha value is -1.95. The van der Waals surface area contributed by atoms with E-state index in [4.69, 9.17) is 18.0 Å². The van der Waals surface area contributed by atoms with Crippen molar-refractivity contribution in [2.75, 3.05) is 13.1 Å². The lowest BCUT2D eigenvalue weighted by molar-refractivity contribution is 0.424. The number of aryl methyl sites for hydroxylation is 1. The molecule has 0 aliphatic carbocycles. The summed E-state index contributed by atoms with van der Waals surface area (Å²) >= 11 is 5.70. The summed E-state index contributed by atoms with van der Waals surface area (Å²) in [4.78, 5) is 3.12. The zero-order valence-electron chi connectivity index (χ0n) is 14.2. The first-order valence-corrected chi connectivity index (χ1v) is 8.52. The van der Waals surface area contributed by atoms with Crippen LogP contribution in [-0.4, -0.2) is 33.2 Å². The van der Waals surface area contributed by atoms with Gasteiger partial charge in [-0.15, -0.1) is 12.4 Å². The van der Waals surface area contributed by atoms with Gasteiger partial charge in [-0.1, -0.05) is 48.1 Å². The molecule has 6 heteroatoms. The second kappa shape index (κ2) is 8.94. The molecule has 1 heterocycles. The molecule has 0 radical (unpaired) electrons. The average molecular weight is 375 g/mol. The standard InChI is InChI=1S/C19H22N4S.ClH/c1-14-3-2-4-16(9-14)13-23(8-7-20)19(24)11-15-5-6-18-17(10-15)12-21-22-18;/h2-6,9-10,12H,7-8,11,13,20H2,1H3,(H,21,22);1H. The number of nitrogens with one attached hydrogen (secondary N) is 1. The Morgan fingerprint density at radius 1 is 1.20 bits per heavy atom. The van der Waals surface area contributed by atoms with E-state index in [0.717, 1.165) is 35.4 Å². The maximum absolute atomic E-state index is 5.79. The van der Waals surface area contributed by atoms with Gasteiger partial charge in [-0.3, -0.25) is 5.10 Å². The number of hydrogen-bond acceptors (Lipinski definition) is 3. The van der Waals surface area contributed by atoms with Gasteiger partial charge < -0.3 is 10.6 Å². The first-order valence-electron chi connectivity index (χ1n) is 8.11. The molecule has 2 aromatic carbocycles. The number of halogens is 1. The zero-order valence-corrected chi connectivity index (χ0v) is 15.9. The molecule has 0 fully saturated rings. The van der Waals surface area contributed by atoms with Gasteiger partial charge in [0.2, 0.25) is 0 Å². The second-order valence-electron chi connectivity index (χ2n) is 6.06. The van der Waals surface area contributed by atoms with Gasteiger partial charge in [0.25, 0.3) is 0 Å². The van der Waals surface area contributed by atoms with Crippen molar-refractivity contribution in [1.29, 1.82) is 0 Å². The van der Waals surface area contributed by atoms with E-state index in [1.807, 2.05) is 12.3 Å². The van der Waals surface area contributed by atoms with E-state index in [2.05, 4.69) is 58.4 Å². The highest BCUT2D eigenvalue weighted by Gasteiger charge is 2.11. The van der Waals surface area contributed by atoms with Crippen LogP contribution in [0.1, 0.15) is 16.7 Å². The number of rotatable bonds is 6. The van der Waals surface area contributed by atoms with E-state index in [0.29, 0.717) is 6.54 Å². The summed E-state index contributed by atoms with van der Waals surface area (Å²) in [7, 11) is 0. The lowest BCUT2D eigenvalue weighted by Gasteiger charge is -2.25. The number of hydrogen-bond donors (Lipinski definition) is 2. The molecule has 0 amide bonds. The van der Waals surface area contributed by atoms with Crippen LogP contribution < -0.4 is 5.73 Å². The molecule has 0 aliphatic rings. The normalized spacial score (nSPS) is 10.5. The van der Waals surface area contributed by atoms with Gasteiger partial charge in [0.05, 0.1) is 16.7 Å². The van der Waals surface area contributed by atoms with Gasteiger partial charge in [-0.25, -0.2) is 0 Å². The van der Waals surface area contributed by atoms with Gasteiger partial charge in [0, 0.05) is 31.4 Å². The second-order valence-corrected chi connectivity index (χ2v) is 6.53. The van der Waals surface area contributed by atoms with Crippen molar-refractivity contribution in [3.05, 3.63) is 65.4 Å². The smallest absolute Gasteiger partial charge is 0.0827 e. The van der Waals surface area contributed by atoms with Crippen LogP contribution >= 0.6 is 24.6 Å². The third kappa shape index (κ3) is 5.01. The summed E-state index contributed by atoms with van der Waals surface area (Å²) in [6, 6.07) is 14.8. The highest BCUT2D eigenvalue weighted by Crippen LogP contribution is 2.15. The quantitative estimate of drug-likeness (QED) is 0.647. The molecule has 0 unspecified atom stereocenters. The first kappa shape index (κ1) is 19.4. The maximum Gasteiger partial charge on any atom is 0.0827 e. The number of aromatic nitrogens is 2. The molecular formula is C19H23ClN4S. The third-order valence-electron chi connectivity index (χ3n) is 4.07. The molecule has 1 aromatic heterocycles. The zero-order chi connectivity index (χ0) is 16.9. The molecule has 0 spiro atoms. The van der Waals surface area contributed by atoms with Crippen molar-refractivity contribution >= 4 is 40.5 Å². The van der Waals surface area contributed by atoms with Crippen molar-refractivity contribution in [1.82, 2.24) is 15.1 Å². The average Bonchev–Trinajstić information content (AvgIpc) is 3.02. The molecular weight excluding hydrogens is 352 g/mol. The number of H-pyrrole nitrogens is 1. The highest BCUT2D eigenvalue weighted by atomic mass is 35.5. The van der Waals surface area contributed by atoms with Gasteiger partial charge >= 0.3 is 0 Å². The van der Waals surface area contributed by atoms with Crippen molar-refractivity contribution in [2.45, 2.75) is 19.9 Å². The predicted molar refractivity (Wildman–Crippen MR) is 110 cm³/mol. The SMILES string of the molecule is Cc1cccc(CN(CCN)C(=S)Cc2ccc3[nH]ncc3c2)c1.Cl. The van der Waals surface area contributed by atoms with Crippen LogP contribution in [0.15, 0.2) is 48.7 Å². The summed E-state index contributed by atoms with van der Waals surface area (Å²) < 4.78 is 0. The Morgan fingerprint density at radius 3 is 2.80 bits per heavy atom. The van der Waals surface area contributed by atoms with E-state index in [1.165, 1.54) is 16.7 Å². The molecule has 0 saturated carbocycles. The van der Waals surface area contributed by atoms with E-state index < -0.39 is 0 Å². The molecule has 3 rings (SSSR count). The van der Waals surface area contributed by atoms with Gasteiger partial charge in [-0.2, -0.15) is 5.10 Å². The Bertz CT molecular complexity index is 846. The van der Waals surface area contributed by atoms with Gasteiger partial charge in [0.15, 0.2) is 0 Å². The van der Waals surface area contributed by atoms with E-state index >= 15 is 0 Å². The minimum absolute atomic E-state index is 0. The van der Waals surface area contributed by atoms with Crippen LogP contribution in [0.4, 0.5) is 0 Å². The highest BCUT2D eigenvalue weighted by molar-refractivity contribution is 7.80. The molecule has 25 heavy (non-hydrogen) atoms. The largest absolute Gasteiger partial charge is 0.360 e. The summed E-state index contributed by atoms with van der Waals surface area (Å²) in [5, 5.41) is 8.15. The molecule has 4 nitrogen and oxygen atoms in total. The Labute approximate surface area is 159 Å². The molecule has 3 aromatic rings. The summed E-state index contributed by atoms with van der Waals surface area (Å²) in [6.45, 7) is 4.26. The molecule has 0 saturated heterocycles. The fourth-order valence-electron chi connectivity index (χ4n) is 2.87. The van der Waals surface area contributed by atoms with Crippen LogP contribution in [0.3, 0.4) is 0 Å². The number of benzene rings is 2. The minimum atomic E-state index is 0. The summed E-state index contributed by atoms with van der Waals surface area (Å²) in [5.41, 5.74) is 10.6. The number of thiocarbonyl (C=S) groups is 1. The summed E-state index contributed by atoms with van der Waals surface area (Å²) in [6.07, 6.45) is 2.58. The summed E-state index contributed by atoms with van der Waals surface area (Å²) in [5.74, 6) is 0. The maximum atomic E-state index is 5.79. The Morgan fingerprint density at radius 2 is 2.04 bits per heavy atom. The lowest BCUT2D eigenvalue weighted by atomic mass is 10.1. The molecule has 0 bridgehead atoms. The Balaban J connectivity index is 0.00000225. The molecule has 3 N–H and O–H groups in total. The van der Waals surface area contributed by atoms with Crippen molar-refractivity contribution < 1.29 is 0 Å². The fourth-order valence-corrected chi connectivity index (χ4v) is 3.19. The van der Waals surface area contributed by atoms with Crippen LogP contribution in [0, 0.1) is 6.92 Å². The van der Waals surface area contributed by atoms with Crippen LogP contribution in [0.2, 0.25) is 0 Å². The van der Waals surface area contributed by atoms with Crippen molar-refractivity contribution in [2.24, 2.45) is 5.73 Å².